The van der Waals surface area contributed by atoms with Crippen LogP contribution < -0.4 is 5.32 Å². The van der Waals surface area contributed by atoms with Crippen LogP contribution in [0.4, 0.5) is 4.79 Å². The molecule has 2 saturated heterocycles. The topological polar surface area (TPSA) is 96.0 Å². The smallest absolute Gasteiger partial charge is 0.410 e. The Balaban J connectivity index is 1.40. The van der Waals surface area contributed by atoms with Gasteiger partial charge in [-0.25, -0.2) is 4.79 Å². The van der Waals surface area contributed by atoms with Crippen molar-refractivity contribution < 1.29 is 23.9 Å². The highest BCUT2D eigenvalue weighted by Gasteiger charge is 2.58. The fraction of sp³-hybridized carbons (Fsp3) is 0.556. The summed E-state index contributed by atoms with van der Waals surface area (Å²) in [7, 11) is 0. The molecule has 186 valence electrons. The number of ketones is 1. The first-order valence-corrected chi connectivity index (χ1v) is 12.5. The number of ether oxygens (including phenoxy) is 1. The second kappa shape index (κ2) is 8.50. The van der Waals surface area contributed by atoms with E-state index in [-0.39, 0.29) is 42.6 Å². The van der Waals surface area contributed by atoms with Crippen molar-refractivity contribution in [1.82, 2.24) is 15.1 Å². The van der Waals surface area contributed by atoms with Crippen molar-refractivity contribution in [3.8, 4) is 0 Å². The minimum atomic E-state index is -0.700. The maximum Gasteiger partial charge on any atom is 0.410 e. The highest BCUT2D eigenvalue weighted by atomic mass is 16.6. The lowest BCUT2D eigenvalue weighted by atomic mass is 9.57. The van der Waals surface area contributed by atoms with Gasteiger partial charge in [-0.05, 0) is 45.6 Å². The summed E-state index contributed by atoms with van der Waals surface area (Å²) in [4.78, 5) is 54.6. The lowest BCUT2D eigenvalue weighted by Crippen LogP contribution is -2.53. The molecule has 0 radical (unpaired) electrons. The molecule has 8 heteroatoms. The van der Waals surface area contributed by atoms with Crippen LogP contribution in [0.1, 0.15) is 52.9 Å². The van der Waals surface area contributed by atoms with Gasteiger partial charge in [0.05, 0.1) is 11.3 Å². The summed E-state index contributed by atoms with van der Waals surface area (Å²) < 4.78 is 5.54. The lowest BCUT2D eigenvalue weighted by molar-refractivity contribution is -0.143. The summed E-state index contributed by atoms with van der Waals surface area (Å²) in [6.45, 7) is 6.80. The predicted octanol–water partition coefficient (Wildman–Crippen LogP) is 3.22. The van der Waals surface area contributed by atoms with Gasteiger partial charge in [-0.3, -0.25) is 19.7 Å². The molecule has 1 N–H and O–H groups in total. The molecule has 3 heterocycles. The van der Waals surface area contributed by atoms with Gasteiger partial charge < -0.3 is 14.5 Å². The lowest BCUT2D eigenvalue weighted by Gasteiger charge is -2.47. The monoisotopic (exact) mass is 479 g/mol. The molecule has 1 spiro atoms. The number of imide groups is 1. The quantitative estimate of drug-likeness (QED) is 0.611. The van der Waals surface area contributed by atoms with E-state index in [2.05, 4.69) is 22.5 Å². The minimum absolute atomic E-state index is 0.0377. The number of hydrogen-bond donors (Lipinski definition) is 1. The molecular formula is C27H33N3O5. The molecule has 0 aromatic heterocycles. The Morgan fingerprint density at radius 1 is 1.11 bits per heavy atom. The molecule has 0 bridgehead atoms. The zero-order valence-corrected chi connectivity index (χ0v) is 20.6. The Hall–Kier alpha value is -3.16. The van der Waals surface area contributed by atoms with E-state index < -0.39 is 22.9 Å². The van der Waals surface area contributed by atoms with Crippen molar-refractivity contribution in [1.29, 1.82) is 0 Å². The molecule has 8 nitrogen and oxygen atoms in total. The number of allylic oxidation sites excluding steroid dienone is 5. The van der Waals surface area contributed by atoms with Crippen LogP contribution in [0.15, 0.2) is 47.9 Å². The third kappa shape index (κ3) is 4.02. The number of carbonyl (C=O) groups excluding carboxylic acids is 4. The summed E-state index contributed by atoms with van der Waals surface area (Å²) >= 11 is 0. The molecule has 0 aromatic carbocycles. The van der Waals surface area contributed by atoms with Crippen molar-refractivity contribution in [2.45, 2.75) is 64.5 Å². The third-order valence-corrected chi connectivity index (χ3v) is 7.73. The van der Waals surface area contributed by atoms with E-state index >= 15 is 0 Å². The Bertz CT molecular complexity index is 1090. The van der Waals surface area contributed by atoms with Crippen LogP contribution >= 0.6 is 0 Å². The summed E-state index contributed by atoms with van der Waals surface area (Å²) in [6, 6.07) is 0.173. The Morgan fingerprint density at radius 2 is 1.86 bits per heavy atom. The summed E-state index contributed by atoms with van der Waals surface area (Å²) in [5.74, 6) is -1.67. The van der Waals surface area contributed by atoms with E-state index in [9.17, 15) is 19.2 Å². The van der Waals surface area contributed by atoms with Gasteiger partial charge in [-0.2, -0.15) is 0 Å². The van der Waals surface area contributed by atoms with Crippen molar-refractivity contribution >= 4 is 23.7 Å². The fourth-order valence-corrected chi connectivity index (χ4v) is 6.24. The molecule has 2 aliphatic carbocycles. The molecule has 5 aliphatic rings. The largest absolute Gasteiger partial charge is 0.444 e. The van der Waals surface area contributed by atoms with Gasteiger partial charge in [0.15, 0.2) is 0 Å². The first-order chi connectivity index (χ1) is 16.6. The second-order valence-electron chi connectivity index (χ2n) is 11.1. The third-order valence-electron chi connectivity index (χ3n) is 7.73. The Morgan fingerprint density at radius 3 is 2.54 bits per heavy atom. The summed E-state index contributed by atoms with van der Waals surface area (Å²) in [6.07, 6.45) is 14.3. The summed E-state index contributed by atoms with van der Waals surface area (Å²) in [5.41, 5.74) is 0.814. The molecule has 0 aromatic rings. The molecule has 3 amide bonds. The first kappa shape index (κ1) is 23.6. The first-order valence-electron chi connectivity index (χ1n) is 12.5. The van der Waals surface area contributed by atoms with Gasteiger partial charge in [0, 0.05) is 49.8 Å². The number of rotatable bonds is 2. The highest BCUT2D eigenvalue weighted by molar-refractivity contribution is 6.02. The van der Waals surface area contributed by atoms with Gasteiger partial charge in [-0.1, -0.05) is 30.4 Å². The molecule has 0 saturated carbocycles. The van der Waals surface area contributed by atoms with E-state index in [1.807, 2.05) is 45.1 Å². The molecule has 3 unspecified atom stereocenters. The number of hydrogen-bond acceptors (Lipinski definition) is 6. The average Bonchev–Trinajstić information content (AvgIpc) is 3.14. The highest BCUT2D eigenvalue weighted by Crippen LogP contribution is 2.58. The van der Waals surface area contributed by atoms with Crippen LogP contribution in [0.5, 0.6) is 0 Å². The zero-order valence-electron chi connectivity index (χ0n) is 20.6. The number of Topliss-reactive ketones (excluding diaryl/α,β-unsaturated/α-hetero) is 1. The number of amides is 3. The number of carbonyl (C=O) groups is 4. The van der Waals surface area contributed by atoms with Gasteiger partial charge >= 0.3 is 6.09 Å². The van der Waals surface area contributed by atoms with Gasteiger partial charge in [0.1, 0.15) is 11.4 Å². The van der Waals surface area contributed by atoms with Crippen LogP contribution in [0, 0.1) is 17.3 Å². The van der Waals surface area contributed by atoms with E-state index in [0.29, 0.717) is 19.5 Å². The molecule has 2 fully saturated rings. The van der Waals surface area contributed by atoms with Gasteiger partial charge in [0.2, 0.25) is 11.8 Å². The molecular weight excluding hydrogens is 446 g/mol. The molecule has 35 heavy (non-hydrogen) atoms. The maximum absolute atomic E-state index is 13.4. The number of nitrogens with one attached hydrogen (secondary N) is 1. The Labute approximate surface area is 205 Å². The van der Waals surface area contributed by atoms with E-state index in [1.54, 1.807) is 4.90 Å². The van der Waals surface area contributed by atoms with E-state index in [4.69, 9.17) is 4.74 Å². The van der Waals surface area contributed by atoms with Crippen LogP contribution in [-0.4, -0.2) is 58.2 Å². The van der Waals surface area contributed by atoms with Crippen molar-refractivity contribution in [2.75, 3.05) is 13.1 Å². The Kier molecular flexibility index (Phi) is 5.73. The number of likely N-dealkylation sites (tertiary alicyclic amines) is 1. The predicted molar refractivity (Wildman–Crippen MR) is 129 cm³/mol. The van der Waals surface area contributed by atoms with Crippen molar-refractivity contribution in [2.24, 2.45) is 17.3 Å². The maximum atomic E-state index is 13.4. The molecule has 3 atom stereocenters. The second-order valence-corrected chi connectivity index (χ2v) is 11.1. The summed E-state index contributed by atoms with van der Waals surface area (Å²) in [5, 5.41) is 2.45. The number of piperidine rings is 2. The molecule has 5 rings (SSSR count). The van der Waals surface area contributed by atoms with Gasteiger partial charge in [-0.15, -0.1) is 0 Å². The van der Waals surface area contributed by atoms with Crippen molar-refractivity contribution in [3.63, 3.8) is 0 Å². The minimum Gasteiger partial charge on any atom is -0.444 e. The number of nitrogens with zero attached hydrogens (tertiary/aromatic N) is 2. The standard InChI is InChI=1S/C27H33N3O5/c1-26(2,3)35-25(34)29-14-11-18(12-15-29)30-16-17-6-4-5-13-27(17)21(30)9-8-20(31)23(27)19-7-10-22(32)28-24(19)33/h4-6,9,13,16,18-19,23H,7-8,10-12,14-15H2,1-3H3,(H,28,32,33). The van der Waals surface area contributed by atoms with Gasteiger partial charge in [0.25, 0.3) is 0 Å². The molecule has 3 aliphatic heterocycles. The van der Waals surface area contributed by atoms with E-state index in [1.165, 1.54) is 0 Å². The van der Waals surface area contributed by atoms with Crippen molar-refractivity contribution in [3.05, 3.63) is 47.9 Å². The van der Waals surface area contributed by atoms with Crippen LogP contribution in [0.25, 0.3) is 0 Å². The van der Waals surface area contributed by atoms with E-state index in [0.717, 1.165) is 24.1 Å². The SMILES string of the molecule is CC(C)(C)OC(=O)N1CCC(N2C=C3C=CC=CC34C2=CCC(=O)C4C2CCC(=O)NC2=O)CC1. The van der Waals surface area contributed by atoms with Crippen LogP contribution in [0.2, 0.25) is 0 Å². The average molecular weight is 480 g/mol. The normalized spacial score (nSPS) is 31.0. The van der Waals surface area contributed by atoms with Crippen LogP contribution in [-0.2, 0) is 19.1 Å². The van der Waals surface area contributed by atoms with Crippen LogP contribution in [0.3, 0.4) is 0 Å². The fourth-order valence-electron chi connectivity index (χ4n) is 6.24. The zero-order chi connectivity index (χ0) is 25.0.